The van der Waals surface area contributed by atoms with Crippen molar-refractivity contribution < 1.29 is 9.00 Å². The minimum Gasteiger partial charge on any atom is -0.337 e. The van der Waals surface area contributed by atoms with E-state index in [1.54, 1.807) is 6.26 Å². The van der Waals surface area contributed by atoms with E-state index >= 15 is 0 Å². The van der Waals surface area contributed by atoms with E-state index in [0.717, 1.165) is 12.8 Å². The van der Waals surface area contributed by atoms with E-state index in [0.29, 0.717) is 6.54 Å². The first-order valence-corrected chi connectivity index (χ1v) is 8.11. The molecule has 2 unspecified atom stereocenters. The summed E-state index contributed by atoms with van der Waals surface area (Å²) in [6, 6.07) is 8.27. The lowest BCUT2D eigenvalue weighted by atomic mass is 10.1. The van der Waals surface area contributed by atoms with Crippen molar-refractivity contribution in [3.8, 4) is 0 Å². The van der Waals surface area contributed by atoms with Gasteiger partial charge >= 0.3 is 6.03 Å². The first kappa shape index (κ1) is 14.1. The Kier molecular flexibility index (Phi) is 4.58. The summed E-state index contributed by atoms with van der Waals surface area (Å²) in [6.07, 6.45) is 3.43. The third-order valence-electron chi connectivity index (χ3n) is 3.50. The molecule has 104 valence electrons. The predicted molar refractivity (Wildman–Crippen MR) is 77.7 cm³/mol. The van der Waals surface area contributed by atoms with Crippen molar-refractivity contribution >= 4 is 16.8 Å². The Morgan fingerprint density at radius 3 is 2.47 bits per heavy atom. The largest absolute Gasteiger partial charge is 0.337 e. The van der Waals surface area contributed by atoms with E-state index in [1.165, 1.54) is 11.1 Å². The first-order valence-electron chi connectivity index (χ1n) is 6.49. The van der Waals surface area contributed by atoms with Gasteiger partial charge in [-0.15, -0.1) is 0 Å². The van der Waals surface area contributed by atoms with Crippen LogP contribution in [0.5, 0.6) is 0 Å². The van der Waals surface area contributed by atoms with Gasteiger partial charge in [0.1, 0.15) is 0 Å². The van der Waals surface area contributed by atoms with Crippen LogP contribution in [0.4, 0.5) is 4.79 Å². The Morgan fingerprint density at radius 2 is 1.95 bits per heavy atom. The zero-order valence-corrected chi connectivity index (χ0v) is 12.1. The lowest BCUT2D eigenvalue weighted by Gasteiger charge is -2.14. The van der Waals surface area contributed by atoms with Gasteiger partial charge in [0, 0.05) is 34.9 Å². The van der Waals surface area contributed by atoms with E-state index in [1.807, 2.05) is 19.1 Å². The zero-order chi connectivity index (χ0) is 13.8. The molecule has 0 saturated heterocycles. The molecule has 1 aliphatic carbocycles. The molecule has 5 heteroatoms. The molecule has 2 rings (SSSR count). The number of nitrogens with one attached hydrogen (secondary N) is 2. The van der Waals surface area contributed by atoms with Gasteiger partial charge in [0.05, 0.1) is 0 Å². The first-order chi connectivity index (χ1) is 9.06. The molecular formula is C14H20N2O2S. The quantitative estimate of drug-likeness (QED) is 0.871. The topological polar surface area (TPSA) is 58.2 Å². The number of amides is 2. The third-order valence-corrected chi connectivity index (χ3v) is 4.80. The van der Waals surface area contributed by atoms with Gasteiger partial charge in [0.25, 0.3) is 0 Å². The molecule has 0 fully saturated rings. The molecule has 0 aromatic heterocycles. The smallest absolute Gasteiger partial charge is 0.315 e. The number of carbonyl (C=O) groups is 1. The highest BCUT2D eigenvalue weighted by Gasteiger charge is 2.22. The summed E-state index contributed by atoms with van der Waals surface area (Å²) < 4.78 is 11.2. The van der Waals surface area contributed by atoms with Crippen LogP contribution in [0.15, 0.2) is 24.3 Å². The van der Waals surface area contributed by atoms with Crippen molar-refractivity contribution in [3.63, 3.8) is 0 Å². The monoisotopic (exact) mass is 280 g/mol. The standard InChI is InChI=1S/C14H20N2O2S/c1-10(19(2)18)9-15-14(17)16-13-7-11-5-3-4-6-12(11)8-13/h3-6,10,13H,7-9H2,1-2H3,(H2,15,16,17). The van der Waals surface area contributed by atoms with E-state index in [-0.39, 0.29) is 17.3 Å². The average Bonchev–Trinajstić information content (AvgIpc) is 2.77. The van der Waals surface area contributed by atoms with Crippen molar-refractivity contribution in [1.82, 2.24) is 10.6 Å². The maximum atomic E-state index is 11.8. The Balaban J connectivity index is 1.78. The van der Waals surface area contributed by atoms with Crippen LogP contribution in [-0.2, 0) is 23.6 Å². The van der Waals surface area contributed by atoms with Gasteiger partial charge in [-0.2, -0.15) is 0 Å². The Hall–Kier alpha value is -1.36. The molecule has 2 N–H and O–H groups in total. The minimum absolute atomic E-state index is 0.0217. The van der Waals surface area contributed by atoms with Crippen LogP contribution in [0.1, 0.15) is 18.1 Å². The number of urea groups is 1. The number of hydrogen-bond donors (Lipinski definition) is 2. The van der Waals surface area contributed by atoms with Crippen molar-refractivity contribution in [1.29, 1.82) is 0 Å². The van der Waals surface area contributed by atoms with Gasteiger partial charge in [0.2, 0.25) is 0 Å². The fourth-order valence-corrected chi connectivity index (χ4v) is 2.57. The van der Waals surface area contributed by atoms with Gasteiger partial charge in [-0.25, -0.2) is 4.79 Å². The summed E-state index contributed by atoms with van der Waals surface area (Å²) in [5.74, 6) is 0. The molecule has 0 aliphatic heterocycles. The van der Waals surface area contributed by atoms with Gasteiger partial charge in [-0.05, 0) is 30.9 Å². The van der Waals surface area contributed by atoms with Gasteiger partial charge < -0.3 is 10.6 Å². The van der Waals surface area contributed by atoms with E-state index in [4.69, 9.17) is 0 Å². The second kappa shape index (κ2) is 6.19. The lowest BCUT2D eigenvalue weighted by molar-refractivity contribution is 0.237. The van der Waals surface area contributed by atoms with Crippen LogP contribution in [-0.4, -0.2) is 34.3 Å². The second-order valence-corrected chi connectivity index (χ2v) is 6.84. The van der Waals surface area contributed by atoms with Crippen LogP contribution in [0.3, 0.4) is 0 Å². The highest BCUT2D eigenvalue weighted by molar-refractivity contribution is 7.84. The van der Waals surface area contributed by atoms with Crippen LogP contribution < -0.4 is 10.6 Å². The van der Waals surface area contributed by atoms with Crippen molar-refractivity contribution in [2.75, 3.05) is 12.8 Å². The minimum atomic E-state index is -0.906. The van der Waals surface area contributed by atoms with Crippen LogP contribution >= 0.6 is 0 Å². The number of hydrogen-bond acceptors (Lipinski definition) is 2. The van der Waals surface area contributed by atoms with Gasteiger partial charge in [0.15, 0.2) is 0 Å². The molecule has 0 heterocycles. The van der Waals surface area contributed by atoms with Gasteiger partial charge in [-0.3, -0.25) is 4.21 Å². The van der Waals surface area contributed by atoms with E-state index < -0.39 is 10.8 Å². The molecule has 0 bridgehead atoms. The average molecular weight is 280 g/mol. The number of carbonyl (C=O) groups excluding carboxylic acids is 1. The zero-order valence-electron chi connectivity index (χ0n) is 11.3. The highest BCUT2D eigenvalue weighted by atomic mass is 32.2. The fourth-order valence-electron chi connectivity index (χ4n) is 2.25. The molecule has 19 heavy (non-hydrogen) atoms. The third kappa shape index (κ3) is 3.80. The molecule has 1 aromatic carbocycles. The maximum Gasteiger partial charge on any atom is 0.315 e. The highest BCUT2D eigenvalue weighted by Crippen LogP contribution is 2.21. The molecule has 0 spiro atoms. The van der Waals surface area contributed by atoms with Gasteiger partial charge in [-0.1, -0.05) is 24.3 Å². The summed E-state index contributed by atoms with van der Waals surface area (Å²) in [6.45, 7) is 2.30. The van der Waals surface area contributed by atoms with Crippen LogP contribution in [0.25, 0.3) is 0 Å². The Morgan fingerprint density at radius 1 is 1.37 bits per heavy atom. The number of benzene rings is 1. The second-order valence-electron chi connectivity index (χ2n) is 5.04. The number of rotatable bonds is 4. The summed E-state index contributed by atoms with van der Waals surface area (Å²) in [5.41, 5.74) is 2.63. The molecule has 1 aromatic rings. The molecular weight excluding hydrogens is 260 g/mol. The lowest BCUT2D eigenvalue weighted by Crippen LogP contribution is -2.45. The van der Waals surface area contributed by atoms with E-state index in [9.17, 15) is 9.00 Å². The summed E-state index contributed by atoms with van der Waals surface area (Å²) in [7, 11) is -0.906. The van der Waals surface area contributed by atoms with Crippen LogP contribution in [0, 0.1) is 0 Å². The molecule has 0 saturated carbocycles. The SMILES string of the molecule is CC(CNC(=O)NC1Cc2ccccc2C1)S(C)=O. The molecule has 2 amide bonds. The summed E-state index contributed by atoms with van der Waals surface area (Å²) in [4.78, 5) is 11.8. The van der Waals surface area contributed by atoms with Crippen LogP contribution in [0.2, 0.25) is 0 Å². The molecule has 2 atom stereocenters. The Bertz CT molecular complexity index is 465. The molecule has 4 nitrogen and oxygen atoms in total. The predicted octanol–water partition coefficient (Wildman–Crippen LogP) is 1.22. The van der Waals surface area contributed by atoms with Crippen molar-refractivity contribution in [2.24, 2.45) is 0 Å². The maximum absolute atomic E-state index is 11.8. The summed E-state index contributed by atoms with van der Waals surface area (Å²) in [5, 5.41) is 5.72. The normalized spacial score (nSPS) is 17.6. The summed E-state index contributed by atoms with van der Waals surface area (Å²) >= 11 is 0. The molecule has 0 radical (unpaired) electrons. The molecule has 1 aliphatic rings. The Labute approximate surface area is 116 Å². The van der Waals surface area contributed by atoms with Crippen molar-refractivity contribution in [3.05, 3.63) is 35.4 Å². The van der Waals surface area contributed by atoms with E-state index in [2.05, 4.69) is 22.8 Å². The fraction of sp³-hybridized carbons (Fsp3) is 0.500. The number of fused-ring (bicyclic) bond motifs is 1. The van der Waals surface area contributed by atoms with Crippen molar-refractivity contribution in [2.45, 2.75) is 31.1 Å².